The number of aromatic nitrogens is 3. The minimum atomic E-state index is -0.298. The number of hydrogen-bond donors (Lipinski definition) is 1. The van der Waals surface area contributed by atoms with Crippen molar-refractivity contribution in [3.8, 4) is 0 Å². The molecule has 7 heteroatoms. The first-order chi connectivity index (χ1) is 9.04. The third-order valence-corrected chi connectivity index (χ3v) is 3.29. The van der Waals surface area contributed by atoms with Gasteiger partial charge in [0.25, 0.3) is 5.56 Å². The summed E-state index contributed by atoms with van der Waals surface area (Å²) in [6, 6.07) is 0. The lowest BCUT2D eigenvalue weighted by molar-refractivity contribution is 0.392. The highest BCUT2D eigenvalue weighted by Crippen LogP contribution is 2.18. The average Bonchev–Trinajstić information content (AvgIpc) is 2.71. The van der Waals surface area contributed by atoms with Crippen LogP contribution in [0.1, 0.15) is 23.9 Å². The van der Waals surface area contributed by atoms with E-state index in [1.807, 2.05) is 20.8 Å². The van der Waals surface area contributed by atoms with Crippen LogP contribution in [-0.2, 0) is 13.1 Å². The summed E-state index contributed by atoms with van der Waals surface area (Å²) in [6.07, 6.45) is 1.55. The summed E-state index contributed by atoms with van der Waals surface area (Å²) in [6.45, 7) is 6.51. The third kappa shape index (κ3) is 2.63. The maximum absolute atomic E-state index is 11.8. The van der Waals surface area contributed by atoms with E-state index in [1.165, 1.54) is 4.68 Å². The molecule has 19 heavy (non-hydrogen) atoms. The Morgan fingerprint density at radius 3 is 2.79 bits per heavy atom. The zero-order chi connectivity index (χ0) is 14.0. The van der Waals surface area contributed by atoms with Gasteiger partial charge in [-0.15, -0.1) is 0 Å². The first-order valence-electron chi connectivity index (χ1n) is 5.95. The van der Waals surface area contributed by atoms with E-state index in [4.69, 9.17) is 16.1 Å². The Balaban J connectivity index is 2.21. The molecule has 0 aromatic carbocycles. The van der Waals surface area contributed by atoms with Crippen molar-refractivity contribution in [2.45, 2.75) is 33.9 Å². The predicted molar refractivity (Wildman–Crippen MR) is 72.5 cm³/mol. The molecule has 0 radical (unpaired) electrons. The van der Waals surface area contributed by atoms with Gasteiger partial charge in [-0.1, -0.05) is 16.8 Å². The van der Waals surface area contributed by atoms with Gasteiger partial charge in [-0.05, 0) is 20.8 Å². The van der Waals surface area contributed by atoms with Crippen molar-refractivity contribution in [3.05, 3.63) is 38.6 Å². The van der Waals surface area contributed by atoms with Crippen LogP contribution in [0.15, 0.2) is 15.5 Å². The van der Waals surface area contributed by atoms with Crippen molar-refractivity contribution < 1.29 is 4.52 Å². The summed E-state index contributed by atoms with van der Waals surface area (Å²) in [7, 11) is 0. The lowest BCUT2D eigenvalue weighted by atomic mass is 10.2. The molecular weight excluding hydrogens is 268 g/mol. The van der Waals surface area contributed by atoms with Crippen LogP contribution in [0.3, 0.4) is 0 Å². The van der Waals surface area contributed by atoms with Crippen molar-refractivity contribution >= 4 is 17.3 Å². The average molecular weight is 283 g/mol. The molecule has 0 unspecified atom stereocenters. The lowest BCUT2D eigenvalue weighted by Gasteiger charge is -2.09. The Morgan fingerprint density at radius 1 is 1.47 bits per heavy atom. The lowest BCUT2D eigenvalue weighted by Crippen LogP contribution is -2.23. The van der Waals surface area contributed by atoms with Crippen LogP contribution in [0.25, 0.3) is 0 Å². The molecule has 6 nitrogen and oxygen atoms in total. The fourth-order valence-corrected chi connectivity index (χ4v) is 1.96. The van der Waals surface area contributed by atoms with Gasteiger partial charge in [-0.3, -0.25) is 4.79 Å². The number of hydrogen-bond acceptors (Lipinski definition) is 5. The van der Waals surface area contributed by atoms with Crippen LogP contribution in [0.2, 0.25) is 5.02 Å². The van der Waals surface area contributed by atoms with E-state index in [0.717, 1.165) is 17.0 Å². The van der Waals surface area contributed by atoms with E-state index in [0.29, 0.717) is 18.8 Å². The number of nitrogens with one attached hydrogen (secondary N) is 1. The van der Waals surface area contributed by atoms with E-state index in [2.05, 4.69) is 15.6 Å². The second kappa shape index (κ2) is 5.44. The van der Waals surface area contributed by atoms with E-state index < -0.39 is 0 Å². The molecule has 0 saturated heterocycles. The summed E-state index contributed by atoms with van der Waals surface area (Å²) in [5, 5.41) is 11.1. The normalized spacial score (nSPS) is 10.7. The summed E-state index contributed by atoms with van der Waals surface area (Å²) in [4.78, 5) is 11.8. The Bertz CT molecular complexity index is 628. The number of nitrogens with zero attached hydrogens (tertiary/aromatic N) is 3. The highest BCUT2D eigenvalue weighted by molar-refractivity contribution is 6.32. The van der Waals surface area contributed by atoms with Gasteiger partial charge in [-0.25, -0.2) is 4.68 Å². The zero-order valence-electron chi connectivity index (χ0n) is 11.0. The Labute approximate surface area is 115 Å². The molecule has 0 fully saturated rings. The number of halogens is 1. The molecular formula is C12H15ClN4O2. The molecule has 2 aromatic rings. The predicted octanol–water partition coefficient (Wildman–Crippen LogP) is 2.13. The summed E-state index contributed by atoms with van der Waals surface area (Å²) in [5.41, 5.74) is 1.98. The van der Waals surface area contributed by atoms with Crippen LogP contribution in [0.5, 0.6) is 0 Å². The monoisotopic (exact) mass is 282 g/mol. The molecule has 0 saturated carbocycles. The minimum absolute atomic E-state index is 0.142. The van der Waals surface area contributed by atoms with Crippen LogP contribution in [0.4, 0.5) is 5.69 Å². The highest BCUT2D eigenvalue weighted by Gasteiger charge is 2.11. The van der Waals surface area contributed by atoms with E-state index >= 15 is 0 Å². The van der Waals surface area contributed by atoms with Gasteiger partial charge >= 0.3 is 0 Å². The SMILES string of the molecule is CCn1ncc(NCc2c(C)noc2C)c(Cl)c1=O. The molecule has 0 atom stereocenters. The molecule has 0 aliphatic carbocycles. The van der Waals surface area contributed by atoms with E-state index in [9.17, 15) is 4.79 Å². The molecule has 0 aliphatic heterocycles. The van der Waals surface area contributed by atoms with Gasteiger partial charge in [0, 0.05) is 18.7 Å². The van der Waals surface area contributed by atoms with E-state index in [-0.39, 0.29) is 10.6 Å². The second-order valence-electron chi connectivity index (χ2n) is 4.15. The van der Waals surface area contributed by atoms with Gasteiger partial charge < -0.3 is 9.84 Å². The van der Waals surface area contributed by atoms with Gasteiger partial charge in [-0.2, -0.15) is 5.10 Å². The van der Waals surface area contributed by atoms with Gasteiger partial charge in [0.15, 0.2) is 0 Å². The summed E-state index contributed by atoms with van der Waals surface area (Å²) in [5.74, 6) is 0.746. The summed E-state index contributed by atoms with van der Waals surface area (Å²) >= 11 is 6.02. The molecule has 2 aromatic heterocycles. The first-order valence-corrected chi connectivity index (χ1v) is 6.33. The first kappa shape index (κ1) is 13.6. The maximum Gasteiger partial charge on any atom is 0.287 e. The Kier molecular flexibility index (Phi) is 3.90. The van der Waals surface area contributed by atoms with Crippen molar-refractivity contribution in [2.75, 3.05) is 5.32 Å². The van der Waals surface area contributed by atoms with Gasteiger partial charge in [0.1, 0.15) is 10.8 Å². The summed E-state index contributed by atoms with van der Waals surface area (Å²) < 4.78 is 6.38. The van der Waals surface area contributed by atoms with Crippen LogP contribution in [-0.4, -0.2) is 14.9 Å². The minimum Gasteiger partial charge on any atom is -0.378 e. The Hall–Kier alpha value is -1.82. The molecule has 0 bridgehead atoms. The molecule has 1 N–H and O–H groups in total. The zero-order valence-corrected chi connectivity index (χ0v) is 11.8. The van der Waals surface area contributed by atoms with Gasteiger partial charge in [0.05, 0.1) is 17.6 Å². The number of rotatable bonds is 4. The molecule has 2 heterocycles. The quantitative estimate of drug-likeness (QED) is 0.930. The topological polar surface area (TPSA) is 73.0 Å². The number of aryl methyl sites for hydroxylation is 3. The van der Waals surface area contributed by atoms with Gasteiger partial charge in [0.2, 0.25) is 0 Å². The smallest absolute Gasteiger partial charge is 0.287 e. The van der Waals surface area contributed by atoms with Crippen molar-refractivity contribution in [1.29, 1.82) is 0 Å². The number of anilines is 1. The van der Waals surface area contributed by atoms with E-state index in [1.54, 1.807) is 6.20 Å². The van der Waals surface area contributed by atoms with Crippen molar-refractivity contribution in [1.82, 2.24) is 14.9 Å². The molecule has 0 aliphatic rings. The molecule has 0 amide bonds. The Morgan fingerprint density at radius 2 is 2.21 bits per heavy atom. The second-order valence-corrected chi connectivity index (χ2v) is 4.53. The fraction of sp³-hybridized carbons (Fsp3) is 0.417. The maximum atomic E-state index is 11.8. The molecule has 0 spiro atoms. The highest BCUT2D eigenvalue weighted by atomic mass is 35.5. The van der Waals surface area contributed by atoms with Crippen molar-refractivity contribution in [3.63, 3.8) is 0 Å². The fourth-order valence-electron chi connectivity index (χ4n) is 1.75. The standard InChI is InChI=1S/C12H15ClN4O2/c1-4-17-12(18)11(13)10(6-15-17)14-5-9-7(2)16-19-8(9)3/h6,14H,4-5H2,1-3H3. The van der Waals surface area contributed by atoms with Crippen LogP contribution >= 0.6 is 11.6 Å². The third-order valence-electron chi connectivity index (χ3n) is 2.92. The van der Waals surface area contributed by atoms with Crippen molar-refractivity contribution in [2.24, 2.45) is 0 Å². The van der Waals surface area contributed by atoms with Crippen LogP contribution < -0.4 is 10.9 Å². The largest absolute Gasteiger partial charge is 0.378 e. The van der Waals surface area contributed by atoms with Crippen LogP contribution in [0, 0.1) is 13.8 Å². The molecule has 102 valence electrons. The molecule has 2 rings (SSSR count).